The van der Waals surface area contributed by atoms with E-state index >= 15 is 0 Å². The summed E-state index contributed by atoms with van der Waals surface area (Å²) in [4.78, 5) is 33.4. The molecule has 1 amide bonds. The highest BCUT2D eigenvalue weighted by Gasteiger charge is 2.21. The number of carboxylic acids is 1. The zero-order valence-electron chi connectivity index (χ0n) is 9.91. The Morgan fingerprint density at radius 2 is 2.21 bits per heavy atom. The minimum Gasteiger partial charge on any atom is -0.480 e. The Hall–Kier alpha value is -2.70. The van der Waals surface area contributed by atoms with Crippen LogP contribution in [-0.2, 0) is 11.2 Å². The number of aromatic nitrogens is 3. The van der Waals surface area contributed by atoms with Crippen molar-refractivity contribution in [2.24, 2.45) is 0 Å². The van der Waals surface area contributed by atoms with Crippen LogP contribution in [0.1, 0.15) is 16.1 Å². The third-order valence-electron chi connectivity index (χ3n) is 2.51. The fourth-order valence-electron chi connectivity index (χ4n) is 1.55. The van der Waals surface area contributed by atoms with Gasteiger partial charge in [-0.3, -0.25) is 9.78 Å². The Morgan fingerprint density at radius 3 is 2.79 bits per heavy atom. The van der Waals surface area contributed by atoms with E-state index in [-0.39, 0.29) is 6.42 Å². The molecule has 0 aliphatic rings. The van der Waals surface area contributed by atoms with Gasteiger partial charge in [0, 0.05) is 30.7 Å². The molecule has 7 nitrogen and oxygen atoms in total. The number of carboxylic acid groups (broad SMARTS) is 1. The van der Waals surface area contributed by atoms with E-state index < -0.39 is 17.9 Å². The molecule has 0 spiro atoms. The van der Waals surface area contributed by atoms with Gasteiger partial charge in [0.25, 0.3) is 5.91 Å². The lowest BCUT2D eigenvalue weighted by molar-refractivity contribution is -0.139. The highest BCUT2D eigenvalue weighted by atomic mass is 16.4. The molecular weight excluding hydrogens is 248 g/mol. The van der Waals surface area contributed by atoms with Crippen LogP contribution in [-0.4, -0.2) is 38.0 Å². The number of aromatic amines is 1. The minimum absolute atomic E-state index is 0.140. The molecule has 0 aromatic carbocycles. The summed E-state index contributed by atoms with van der Waals surface area (Å²) in [6, 6.07) is 2.16. The number of aliphatic carboxylic acids is 1. The number of rotatable bonds is 5. The van der Waals surface area contributed by atoms with Gasteiger partial charge in [0.1, 0.15) is 6.04 Å². The lowest BCUT2D eigenvalue weighted by Crippen LogP contribution is -2.42. The van der Waals surface area contributed by atoms with Crippen molar-refractivity contribution in [2.45, 2.75) is 12.5 Å². The van der Waals surface area contributed by atoms with Crippen molar-refractivity contribution < 1.29 is 14.7 Å². The highest BCUT2D eigenvalue weighted by molar-refractivity contribution is 5.96. The van der Waals surface area contributed by atoms with Crippen molar-refractivity contribution in [3.05, 3.63) is 48.3 Å². The summed E-state index contributed by atoms with van der Waals surface area (Å²) >= 11 is 0. The van der Waals surface area contributed by atoms with Crippen LogP contribution in [0.5, 0.6) is 0 Å². The Bertz CT molecular complexity index is 554. The Labute approximate surface area is 108 Å². The van der Waals surface area contributed by atoms with E-state index in [4.69, 9.17) is 5.11 Å². The van der Waals surface area contributed by atoms with Gasteiger partial charge in [-0.15, -0.1) is 0 Å². The average Bonchev–Trinajstić information content (AvgIpc) is 2.91. The summed E-state index contributed by atoms with van der Waals surface area (Å²) in [5.41, 5.74) is 0.956. The van der Waals surface area contributed by atoms with Gasteiger partial charge in [0.05, 0.1) is 11.9 Å². The SMILES string of the molecule is O=C(N[C@H](Cc1cnc[nH]1)C(=O)O)c1cccnc1. The zero-order chi connectivity index (χ0) is 13.7. The molecule has 0 saturated carbocycles. The molecular formula is C12H12N4O3. The third kappa shape index (κ3) is 3.38. The number of hydrogen-bond donors (Lipinski definition) is 3. The number of nitrogens with one attached hydrogen (secondary N) is 2. The molecule has 0 saturated heterocycles. The van der Waals surface area contributed by atoms with Crippen molar-refractivity contribution in [1.82, 2.24) is 20.3 Å². The van der Waals surface area contributed by atoms with E-state index in [0.717, 1.165) is 0 Å². The maximum atomic E-state index is 11.8. The number of carbonyl (C=O) groups excluding carboxylic acids is 1. The number of H-pyrrole nitrogens is 1. The van der Waals surface area contributed by atoms with Crippen LogP contribution in [0.2, 0.25) is 0 Å². The van der Waals surface area contributed by atoms with E-state index in [9.17, 15) is 9.59 Å². The van der Waals surface area contributed by atoms with Crippen molar-refractivity contribution in [3.8, 4) is 0 Å². The van der Waals surface area contributed by atoms with Gasteiger partial charge in [-0.25, -0.2) is 9.78 Å². The second-order valence-electron chi connectivity index (χ2n) is 3.89. The summed E-state index contributed by atoms with van der Waals surface area (Å²) in [7, 11) is 0. The van der Waals surface area contributed by atoms with Gasteiger partial charge in [-0.1, -0.05) is 0 Å². The first kappa shape index (κ1) is 12.7. The van der Waals surface area contributed by atoms with E-state index in [1.54, 1.807) is 12.1 Å². The van der Waals surface area contributed by atoms with Crippen LogP contribution in [0.15, 0.2) is 37.1 Å². The molecule has 0 aliphatic heterocycles. The number of amides is 1. The first-order chi connectivity index (χ1) is 9.16. The molecule has 2 heterocycles. The number of carbonyl (C=O) groups is 2. The van der Waals surface area contributed by atoms with E-state index in [1.165, 1.54) is 24.9 Å². The molecule has 0 unspecified atom stereocenters. The maximum Gasteiger partial charge on any atom is 0.326 e. The Morgan fingerprint density at radius 1 is 1.37 bits per heavy atom. The molecule has 19 heavy (non-hydrogen) atoms. The first-order valence-corrected chi connectivity index (χ1v) is 5.58. The van der Waals surface area contributed by atoms with Crippen molar-refractivity contribution in [2.75, 3.05) is 0 Å². The molecule has 0 aliphatic carbocycles. The predicted octanol–water partition coefficient (Wildman–Crippen LogP) is 0.230. The first-order valence-electron chi connectivity index (χ1n) is 5.58. The van der Waals surface area contributed by atoms with Crippen LogP contribution in [0.4, 0.5) is 0 Å². The molecule has 0 bridgehead atoms. The number of hydrogen-bond acceptors (Lipinski definition) is 4. The van der Waals surface area contributed by atoms with Gasteiger partial charge in [-0.2, -0.15) is 0 Å². The second kappa shape index (κ2) is 5.76. The van der Waals surface area contributed by atoms with Crippen molar-refractivity contribution >= 4 is 11.9 Å². The van der Waals surface area contributed by atoms with Crippen molar-refractivity contribution in [1.29, 1.82) is 0 Å². The van der Waals surface area contributed by atoms with E-state index in [0.29, 0.717) is 11.3 Å². The van der Waals surface area contributed by atoms with E-state index in [2.05, 4.69) is 20.3 Å². The summed E-state index contributed by atoms with van der Waals surface area (Å²) < 4.78 is 0. The van der Waals surface area contributed by atoms with Gasteiger partial charge in [0.15, 0.2) is 0 Å². The van der Waals surface area contributed by atoms with Crippen LogP contribution in [0.3, 0.4) is 0 Å². The zero-order valence-corrected chi connectivity index (χ0v) is 9.91. The van der Waals surface area contributed by atoms with E-state index in [1.807, 2.05) is 0 Å². The van der Waals surface area contributed by atoms with Crippen LogP contribution >= 0.6 is 0 Å². The van der Waals surface area contributed by atoms with Gasteiger partial charge in [0.2, 0.25) is 0 Å². The molecule has 7 heteroatoms. The normalized spacial score (nSPS) is 11.8. The molecule has 3 N–H and O–H groups in total. The molecule has 1 atom stereocenters. The fraction of sp³-hybridized carbons (Fsp3) is 0.167. The molecule has 2 aromatic rings. The number of nitrogens with zero attached hydrogens (tertiary/aromatic N) is 2. The topological polar surface area (TPSA) is 108 Å². The molecule has 2 aromatic heterocycles. The summed E-state index contributed by atoms with van der Waals surface area (Å²) in [5.74, 6) is -1.58. The minimum atomic E-state index is -1.10. The third-order valence-corrected chi connectivity index (χ3v) is 2.51. The van der Waals surface area contributed by atoms with Gasteiger partial charge in [-0.05, 0) is 12.1 Å². The summed E-state index contributed by atoms with van der Waals surface area (Å²) in [5, 5.41) is 11.5. The monoisotopic (exact) mass is 260 g/mol. The Balaban J connectivity index is 2.05. The average molecular weight is 260 g/mol. The largest absolute Gasteiger partial charge is 0.480 e. The second-order valence-corrected chi connectivity index (χ2v) is 3.89. The lowest BCUT2D eigenvalue weighted by Gasteiger charge is -2.13. The van der Waals surface area contributed by atoms with Crippen molar-refractivity contribution in [3.63, 3.8) is 0 Å². The number of imidazole rings is 1. The fourth-order valence-corrected chi connectivity index (χ4v) is 1.55. The summed E-state index contributed by atoms with van der Waals surface area (Å²) in [6.07, 6.45) is 6.03. The van der Waals surface area contributed by atoms with Crippen LogP contribution in [0.25, 0.3) is 0 Å². The smallest absolute Gasteiger partial charge is 0.326 e. The maximum absolute atomic E-state index is 11.8. The highest BCUT2D eigenvalue weighted by Crippen LogP contribution is 2.02. The predicted molar refractivity (Wildman–Crippen MR) is 65.4 cm³/mol. The standard InChI is InChI=1S/C12H12N4O3/c17-11(8-2-1-3-13-5-8)16-10(12(18)19)4-9-6-14-7-15-9/h1-3,5-7,10H,4H2,(H,14,15)(H,16,17)(H,18,19)/t10-/m1/s1. The molecule has 2 rings (SSSR count). The van der Waals surface area contributed by atoms with Gasteiger partial charge >= 0.3 is 5.97 Å². The Kier molecular flexibility index (Phi) is 3.87. The quantitative estimate of drug-likeness (QED) is 0.713. The molecule has 0 radical (unpaired) electrons. The molecule has 0 fully saturated rings. The van der Waals surface area contributed by atoms with Crippen LogP contribution in [0, 0.1) is 0 Å². The number of pyridine rings is 1. The molecule has 98 valence electrons. The summed E-state index contributed by atoms with van der Waals surface area (Å²) in [6.45, 7) is 0. The van der Waals surface area contributed by atoms with Crippen LogP contribution < -0.4 is 5.32 Å². The lowest BCUT2D eigenvalue weighted by atomic mass is 10.1. The van der Waals surface area contributed by atoms with Gasteiger partial charge < -0.3 is 15.4 Å².